The highest BCUT2D eigenvalue weighted by molar-refractivity contribution is 7.22. The first-order valence-corrected chi connectivity index (χ1v) is 9.08. The molecule has 1 aliphatic heterocycles. The molecule has 1 N–H and O–H groups in total. The van der Waals surface area contributed by atoms with Crippen molar-refractivity contribution in [3.63, 3.8) is 0 Å². The lowest BCUT2D eigenvalue weighted by Gasteiger charge is -2.36. The van der Waals surface area contributed by atoms with Crippen LogP contribution in [0.25, 0.3) is 10.2 Å². The van der Waals surface area contributed by atoms with Crippen molar-refractivity contribution in [1.29, 1.82) is 0 Å². The second-order valence-electron chi connectivity index (χ2n) is 6.17. The molecule has 23 heavy (non-hydrogen) atoms. The number of anilines is 2. The van der Waals surface area contributed by atoms with E-state index in [1.807, 2.05) is 18.7 Å². The fourth-order valence-corrected chi connectivity index (χ4v) is 3.85. The van der Waals surface area contributed by atoms with Gasteiger partial charge in [0.2, 0.25) is 5.91 Å². The van der Waals surface area contributed by atoms with Gasteiger partial charge in [-0.3, -0.25) is 4.79 Å². The Labute approximate surface area is 141 Å². The minimum Gasteiger partial charge on any atom is -0.368 e. The van der Waals surface area contributed by atoms with Gasteiger partial charge in [0.25, 0.3) is 0 Å². The Bertz CT molecular complexity index is 689. The number of fused-ring (bicyclic) bond motifs is 1. The zero-order valence-electron chi connectivity index (χ0n) is 14.0. The number of carbonyl (C=O) groups is 1. The van der Waals surface area contributed by atoms with Crippen LogP contribution in [0.2, 0.25) is 0 Å². The number of hydrogen-bond donors (Lipinski definition) is 1. The highest BCUT2D eigenvalue weighted by atomic mass is 32.1. The van der Waals surface area contributed by atoms with E-state index in [1.54, 1.807) is 11.3 Å². The molecular formula is C17H24N4OS. The van der Waals surface area contributed by atoms with E-state index in [0.29, 0.717) is 0 Å². The summed E-state index contributed by atoms with van der Waals surface area (Å²) in [5.41, 5.74) is 2.27. The predicted molar refractivity (Wildman–Crippen MR) is 97.4 cm³/mol. The summed E-state index contributed by atoms with van der Waals surface area (Å²) in [6, 6.07) is 6.44. The number of hydrogen-bond acceptors (Lipinski definition) is 5. The summed E-state index contributed by atoms with van der Waals surface area (Å²) < 4.78 is 1.21. The molecular weight excluding hydrogens is 308 g/mol. The molecule has 1 aromatic heterocycles. The Morgan fingerprint density at radius 1 is 1.30 bits per heavy atom. The van der Waals surface area contributed by atoms with E-state index in [-0.39, 0.29) is 11.8 Å². The van der Waals surface area contributed by atoms with Gasteiger partial charge in [-0.05, 0) is 25.1 Å². The van der Waals surface area contributed by atoms with Gasteiger partial charge in [-0.1, -0.05) is 25.2 Å². The van der Waals surface area contributed by atoms with Crippen LogP contribution in [0.4, 0.5) is 10.8 Å². The van der Waals surface area contributed by atoms with Crippen LogP contribution in [0.1, 0.15) is 20.8 Å². The number of nitrogens with zero attached hydrogens (tertiary/aromatic N) is 3. The van der Waals surface area contributed by atoms with E-state index >= 15 is 0 Å². The summed E-state index contributed by atoms with van der Waals surface area (Å²) in [6.45, 7) is 10.3. The molecule has 0 spiro atoms. The Balaban J connectivity index is 1.70. The van der Waals surface area contributed by atoms with Crippen LogP contribution in [-0.4, -0.2) is 48.5 Å². The zero-order valence-corrected chi connectivity index (χ0v) is 14.8. The van der Waals surface area contributed by atoms with Gasteiger partial charge in [-0.15, -0.1) is 0 Å². The highest BCUT2D eigenvalue weighted by Crippen LogP contribution is 2.30. The summed E-state index contributed by atoms with van der Waals surface area (Å²) in [5.74, 6) is 0.345. The molecule has 2 heterocycles. The number of piperazine rings is 1. The molecule has 5 nitrogen and oxygen atoms in total. The van der Waals surface area contributed by atoms with Crippen molar-refractivity contribution in [2.75, 3.05) is 42.9 Å². The molecule has 0 saturated carbocycles. The summed E-state index contributed by atoms with van der Waals surface area (Å²) in [4.78, 5) is 21.0. The van der Waals surface area contributed by atoms with Crippen molar-refractivity contribution in [1.82, 2.24) is 9.88 Å². The molecule has 0 radical (unpaired) electrons. The highest BCUT2D eigenvalue weighted by Gasteiger charge is 2.23. The number of thiazole rings is 1. The first kappa shape index (κ1) is 16.1. The molecule has 2 aromatic rings. The van der Waals surface area contributed by atoms with Gasteiger partial charge in [-0.2, -0.15) is 0 Å². The molecule has 124 valence electrons. The lowest BCUT2D eigenvalue weighted by molar-refractivity contribution is -0.134. The molecule has 1 amide bonds. The standard InChI is InChI=1S/C17H24N4OS/c1-4-18-17-19-14-6-5-13(11-15(14)23-17)20-7-9-21(10-8-20)16(22)12(2)3/h5-6,11-12H,4,7-10H2,1-3H3,(H,18,19). The normalized spacial score (nSPS) is 15.5. The van der Waals surface area contributed by atoms with Gasteiger partial charge in [0.05, 0.1) is 10.2 Å². The largest absolute Gasteiger partial charge is 0.368 e. The second kappa shape index (κ2) is 6.74. The number of aromatic nitrogens is 1. The summed E-state index contributed by atoms with van der Waals surface area (Å²) >= 11 is 1.70. The first-order valence-electron chi connectivity index (χ1n) is 8.26. The molecule has 0 bridgehead atoms. The number of carbonyl (C=O) groups excluding carboxylic acids is 1. The number of benzene rings is 1. The van der Waals surface area contributed by atoms with Gasteiger partial charge in [0.1, 0.15) is 0 Å². The van der Waals surface area contributed by atoms with E-state index in [4.69, 9.17) is 0 Å². The fourth-order valence-electron chi connectivity index (χ4n) is 2.89. The average molecular weight is 332 g/mol. The van der Waals surface area contributed by atoms with E-state index in [0.717, 1.165) is 43.4 Å². The quantitative estimate of drug-likeness (QED) is 0.935. The molecule has 0 unspecified atom stereocenters. The van der Waals surface area contributed by atoms with Gasteiger partial charge in [-0.25, -0.2) is 4.98 Å². The maximum absolute atomic E-state index is 12.1. The third-order valence-electron chi connectivity index (χ3n) is 4.15. The van der Waals surface area contributed by atoms with E-state index in [9.17, 15) is 4.79 Å². The first-order chi connectivity index (χ1) is 11.1. The lowest BCUT2D eigenvalue weighted by Crippen LogP contribution is -2.49. The molecule has 0 atom stereocenters. The van der Waals surface area contributed by atoms with Crippen LogP contribution in [-0.2, 0) is 4.79 Å². The van der Waals surface area contributed by atoms with Crippen LogP contribution in [0.5, 0.6) is 0 Å². The molecule has 1 saturated heterocycles. The average Bonchev–Trinajstić information content (AvgIpc) is 2.96. The Morgan fingerprint density at radius 3 is 2.70 bits per heavy atom. The Hall–Kier alpha value is -1.82. The van der Waals surface area contributed by atoms with Crippen molar-refractivity contribution in [3.8, 4) is 0 Å². The predicted octanol–water partition coefficient (Wildman–Crippen LogP) is 3.03. The van der Waals surface area contributed by atoms with Crippen molar-refractivity contribution in [2.45, 2.75) is 20.8 Å². The topological polar surface area (TPSA) is 48.5 Å². The molecule has 1 aromatic carbocycles. The summed E-state index contributed by atoms with van der Waals surface area (Å²) in [6.07, 6.45) is 0. The van der Waals surface area contributed by atoms with Crippen LogP contribution < -0.4 is 10.2 Å². The second-order valence-corrected chi connectivity index (χ2v) is 7.20. The van der Waals surface area contributed by atoms with Crippen LogP contribution in [0.3, 0.4) is 0 Å². The Morgan fingerprint density at radius 2 is 2.04 bits per heavy atom. The summed E-state index contributed by atoms with van der Waals surface area (Å²) in [5, 5.41) is 4.25. The molecule has 6 heteroatoms. The molecule has 0 aliphatic carbocycles. The number of nitrogens with one attached hydrogen (secondary N) is 1. The van der Waals surface area contributed by atoms with Crippen molar-refractivity contribution in [2.24, 2.45) is 5.92 Å². The van der Waals surface area contributed by atoms with E-state index in [2.05, 4.69) is 40.3 Å². The maximum atomic E-state index is 12.1. The van der Waals surface area contributed by atoms with Gasteiger partial charge >= 0.3 is 0 Å². The van der Waals surface area contributed by atoms with Crippen LogP contribution >= 0.6 is 11.3 Å². The van der Waals surface area contributed by atoms with Gasteiger partial charge in [0, 0.05) is 44.3 Å². The third-order valence-corrected chi connectivity index (χ3v) is 5.13. The number of amides is 1. The minimum absolute atomic E-state index is 0.0829. The monoisotopic (exact) mass is 332 g/mol. The van der Waals surface area contributed by atoms with Crippen LogP contribution in [0.15, 0.2) is 18.2 Å². The van der Waals surface area contributed by atoms with Crippen LogP contribution in [0, 0.1) is 5.92 Å². The van der Waals surface area contributed by atoms with Crippen molar-refractivity contribution in [3.05, 3.63) is 18.2 Å². The maximum Gasteiger partial charge on any atom is 0.225 e. The Kier molecular flexibility index (Phi) is 4.71. The summed E-state index contributed by atoms with van der Waals surface area (Å²) in [7, 11) is 0. The van der Waals surface area contributed by atoms with E-state index in [1.165, 1.54) is 10.4 Å². The molecule has 1 aliphatic rings. The lowest BCUT2D eigenvalue weighted by atomic mass is 10.1. The van der Waals surface area contributed by atoms with E-state index < -0.39 is 0 Å². The smallest absolute Gasteiger partial charge is 0.225 e. The van der Waals surface area contributed by atoms with Crippen molar-refractivity contribution >= 4 is 38.3 Å². The van der Waals surface area contributed by atoms with Crippen molar-refractivity contribution < 1.29 is 4.79 Å². The SMILES string of the molecule is CCNc1nc2ccc(N3CCN(C(=O)C(C)C)CC3)cc2s1. The third kappa shape index (κ3) is 3.42. The zero-order chi connectivity index (χ0) is 16.4. The van der Waals surface area contributed by atoms with Gasteiger partial charge in [0.15, 0.2) is 5.13 Å². The number of rotatable bonds is 4. The molecule has 1 fully saturated rings. The minimum atomic E-state index is 0.0829. The van der Waals surface area contributed by atoms with Gasteiger partial charge < -0.3 is 15.1 Å². The molecule has 3 rings (SSSR count). The fraction of sp³-hybridized carbons (Fsp3) is 0.529.